The summed E-state index contributed by atoms with van der Waals surface area (Å²) < 4.78 is 5.79. The molecule has 2 aromatic carbocycles. The van der Waals surface area contributed by atoms with E-state index < -0.39 is 0 Å². The van der Waals surface area contributed by atoms with Crippen LogP contribution in [0, 0.1) is 0 Å². The van der Waals surface area contributed by atoms with Gasteiger partial charge in [-0.15, -0.1) is 0 Å². The maximum atomic E-state index is 5.79. The number of ether oxygens (including phenoxy) is 1. The van der Waals surface area contributed by atoms with E-state index in [0.29, 0.717) is 6.61 Å². The third-order valence-electron chi connectivity index (χ3n) is 3.66. The molecule has 4 nitrogen and oxygen atoms in total. The summed E-state index contributed by atoms with van der Waals surface area (Å²) in [5.74, 6) is 1.60. The van der Waals surface area contributed by atoms with E-state index in [-0.39, 0.29) is 0 Å². The first-order valence-corrected chi connectivity index (χ1v) is 8.37. The lowest BCUT2D eigenvalue weighted by atomic mass is 10.1. The average Bonchev–Trinajstić information content (AvgIpc) is 2.68. The Kier molecular flexibility index (Phi) is 6.17. The van der Waals surface area contributed by atoms with Crippen LogP contribution in [0.1, 0.15) is 17.5 Å². The molecule has 0 atom stereocenters. The minimum Gasteiger partial charge on any atom is -0.494 e. The van der Waals surface area contributed by atoms with Crippen LogP contribution < -0.4 is 10.2 Å². The number of rotatable bonds is 8. The van der Waals surface area contributed by atoms with Gasteiger partial charge < -0.3 is 4.74 Å². The molecule has 0 aliphatic carbocycles. The topological polar surface area (TPSA) is 46.5 Å². The molecule has 0 saturated carbocycles. The minimum atomic E-state index is 0.712. The van der Waals surface area contributed by atoms with Crippen LogP contribution in [-0.4, -0.2) is 17.8 Å². The van der Waals surface area contributed by atoms with Gasteiger partial charge in [-0.1, -0.05) is 36.4 Å². The molecule has 0 aliphatic rings. The number of nitrogens with one attached hydrogen (secondary N) is 1. The van der Waals surface area contributed by atoms with Crippen molar-refractivity contribution in [1.29, 1.82) is 0 Å². The van der Waals surface area contributed by atoms with E-state index in [1.54, 1.807) is 12.4 Å². The fraction of sp³-hybridized carbons (Fsp3) is 0.143. The standard InChI is InChI=1S/C21H21N3O/c1-2-7-18(8-3-1)9-6-16-25-20-13-11-19(12-14-20)17-23-24-21-10-4-5-15-22-21/h1-5,7-8,10-15,17H,6,9,16H2,(H,22,24)/b23-17+. The highest BCUT2D eigenvalue weighted by molar-refractivity contribution is 5.80. The fourth-order valence-electron chi connectivity index (χ4n) is 2.36. The van der Waals surface area contributed by atoms with Crippen LogP contribution in [0.15, 0.2) is 84.1 Å². The van der Waals surface area contributed by atoms with Gasteiger partial charge >= 0.3 is 0 Å². The second-order valence-corrected chi connectivity index (χ2v) is 5.59. The molecule has 0 saturated heterocycles. The van der Waals surface area contributed by atoms with Crippen LogP contribution in [-0.2, 0) is 6.42 Å². The highest BCUT2D eigenvalue weighted by atomic mass is 16.5. The SMILES string of the molecule is C(=N\Nc1ccccn1)/c1ccc(OCCCc2ccccc2)cc1. The number of hydrogen-bond acceptors (Lipinski definition) is 4. The van der Waals surface area contributed by atoms with Crippen LogP contribution in [0.3, 0.4) is 0 Å². The summed E-state index contributed by atoms with van der Waals surface area (Å²) >= 11 is 0. The number of nitrogens with zero attached hydrogens (tertiary/aromatic N) is 2. The monoisotopic (exact) mass is 331 g/mol. The van der Waals surface area contributed by atoms with Crippen LogP contribution in [0.5, 0.6) is 5.75 Å². The van der Waals surface area contributed by atoms with Crippen molar-refractivity contribution in [3.8, 4) is 5.75 Å². The third kappa shape index (κ3) is 5.77. The predicted molar refractivity (Wildman–Crippen MR) is 102 cm³/mol. The molecule has 0 amide bonds. The normalized spacial score (nSPS) is 10.7. The van der Waals surface area contributed by atoms with E-state index >= 15 is 0 Å². The number of aryl methyl sites for hydroxylation is 1. The summed E-state index contributed by atoms with van der Waals surface area (Å²) in [5.41, 5.74) is 5.24. The Labute approximate surface area is 148 Å². The first-order chi connectivity index (χ1) is 12.4. The molecule has 1 heterocycles. The number of anilines is 1. The van der Waals surface area contributed by atoms with E-state index in [0.717, 1.165) is 30.0 Å². The molecule has 0 bridgehead atoms. The van der Waals surface area contributed by atoms with Crippen LogP contribution in [0.4, 0.5) is 5.82 Å². The molecule has 25 heavy (non-hydrogen) atoms. The van der Waals surface area contributed by atoms with Crippen molar-refractivity contribution in [2.24, 2.45) is 5.10 Å². The number of hydrazone groups is 1. The van der Waals surface area contributed by atoms with Crippen molar-refractivity contribution in [2.75, 3.05) is 12.0 Å². The Morgan fingerprint density at radius 2 is 1.72 bits per heavy atom. The molecule has 126 valence electrons. The van der Waals surface area contributed by atoms with Gasteiger partial charge in [-0.3, -0.25) is 5.43 Å². The number of benzene rings is 2. The van der Waals surface area contributed by atoms with Crippen molar-refractivity contribution < 1.29 is 4.74 Å². The van der Waals surface area contributed by atoms with Gasteiger partial charge in [0, 0.05) is 6.20 Å². The molecule has 3 rings (SSSR count). The van der Waals surface area contributed by atoms with Gasteiger partial charge in [-0.05, 0) is 60.4 Å². The molecule has 0 fully saturated rings. The van der Waals surface area contributed by atoms with E-state index in [1.807, 2.05) is 48.5 Å². The zero-order chi connectivity index (χ0) is 17.2. The van der Waals surface area contributed by atoms with E-state index in [1.165, 1.54) is 5.56 Å². The van der Waals surface area contributed by atoms with Crippen molar-refractivity contribution in [1.82, 2.24) is 4.98 Å². The van der Waals surface area contributed by atoms with Crippen LogP contribution in [0.25, 0.3) is 0 Å². The summed E-state index contributed by atoms with van der Waals surface area (Å²) in [4.78, 5) is 4.14. The zero-order valence-corrected chi connectivity index (χ0v) is 14.0. The van der Waals surface area contributed by atoms with Gasteiger partial charge in [0.25, 0.3) is 0 Å². The van der Waals surface area contributed by atoms with Gasteiger partial charge in [0.05, 0.1) is 12.8 Å². The second kappa shape index (κ2) is 9.23. The van der Waals surface area contributed by atoms with Crippen molar-refractivity contribution >= 4 is 12.0 Å². The Hall–Kier alpha value is -3.14. The molecule has 0 radical (unpaired) electrons. The first kappa shape index (κ1) is 16.7. The molecule has 1 aromatic heterocycles. The van der Waals surface area contributed by atoms with Gasteiger partial charge in [-0.2, -0.15) is 5.10 Å². The second-order valence-electron chi connectivity index (χ2n) is 5.59. The molecule has 0 spiro atoms. The molecule has 4 heteroatoms. The van der Waals surface area contributed by atoms with Crippen LogP contribution >= 0.6 is 0 Å². The van der Waals surface area contributed by atoms with Crippen molar-refractivity contribution in [3.05, 3.63) is 90.1 Å². The van der Waals surface area contributed by atoms with Crippen molar-refractivity contribution in [3.63, 3.8) is 0 Å². The van der Waals surface area contributed by atoms with Crippen molar-refractivity contribution in [2.45, 2.75) is 12.8 Å². The predicted octanol–water partition coefficient (Wildman–Crippen LogP) is 4.54. The number of hydrogen-bond donors (Lipinski definition) is 1. The summed E-state index contributed by atoms with van der Waals surface area (Å²) in [6.07, 6.45) is 5.52. The lowest BCUT2D eigenvalue weighted by Gasteiger charge is -2.06. The maximum Gasteiger partial charge on any atom is 0.146 e. The highest BCUT2D eigenvalue weighted by Crippen LogP contribution is 2.12. The molecule has 0 unspecified atom stereocenters. The lowest BCUT2D eigenvalue weighted by molar-refractivity contribution is 0.311. The Balaban J connectivity index is 1.41. The first-order valence-electron chi connectivity index (χ1n) is 8.37. The van der Waals surface area contributed by atoms with Crippen LogP contribution in [0.2, 0.25) is 0 Å². The molecule has 3 aromatic rings. The summed E-state index contributed by atoms with van der Waals surface area (Å²) in [6.45, 7) is 0.712. The quantitative estimate of drug-likeness (QED) is 0.374. The molecule has 1 N–H and O–H groups in total. The van der Waals surface area contributed by atoms with E-state index in [4.69, 9.17) is 4.74 Å². The van der Waals surface area contributed by atoms with Gasteiger partial charge in [0.2, 0.25) is 0 Å². The summed E-state index contributed by atoms with van der Waals surface area (Å²) in [7, 11) is 0. The fourth-order valence-corrected chi connectivity index (χ4v) is 2.36. The highest BCUT2D eigenvalue weighted by Gasteiger charge is 1.96. The largest absolute Gasteiger partial charge is 0.494 e. The third-order valence-corrected chi connectivity index (χ3v) is 3.66. The summed E-state index contributed by atoms with van der Waals surface area (Å²) in [5, 5.41) is 4.17. The summed E-state index contributed by atoms with van der Waals surface area (Å²) in [6, 6.07) is 24.0. The number of aromatic nitrogens is 1. The Morgan fingerprint density at radius 3 is 2.48 bits per heavy atom. The van der Waals surface area contributed by atoms with E-state index in [2.05, 4.69) is 39.8 Å². The lowest BCUT2D eigenvalue weighted by Crippen LogP contribution is -1.99. The van der Waals surface area contributed by atoms with Gasteiger partial charge in [-0.25, -0.2) is 4.98 Å². The molecular weight excluding hydrogens is 310 g/mol. The van der Waals surface area contributed by atoms with Gasteiger partial charge in [0.1, 0.15) is 11.6 Å². The minimum absolute atomic E-state index is 0.712. The zero-order valence-electron chi connectivity index (χ0n) is 14.0. The number of pyridine rings is 1. The Bertz CT molecular complexity index is 771. The molecule has 0 aliphatic heterocycles. The maximum absolute atomic E-state index is 5.79. The van der Waals surface area contributed by atoms with E-state index in [9.17, 15) is 0 Å². The smallest absolute Gasteiger partial charge is 0.146 e. The van der Waals surface area contributed by atoms with Gasteiger partial charge in [0.15, 0.2) is 0 Å². The molecular formula is C21H21N3O. The average molecular weight is 331 g/mol. The Morgan fingerprint density at radius 1 is 0.920 bits per heavy atom.